The predicted molar refractivity (Wildman–Crippen MR) is 65.4 cm³/mol. The van der Waals surface area contributed by atoms with Crippen molar-refractivity contribution in [2.75, 3.05) is 18.0 Å². The zero-order valence-corrected chi connectivity index (χ0v) is 10.9. The van der Waals surface area contributed by atoms with E-state index < -0.39 is 5.92 Å². The Kier molecular flexibility index (Phi) is 3.09. The van der Waals surface area contributed by atoms with Crippen LogP contribution in [0.1, 0.15) is 17.5 Å². The van der Waals surface area contributed by atoms with Crippen LogP contribution in [0.15, 0.2) is 16.6 Å². The molecule has 5 heteroatoms. The van der Waals surface area contributed by atoms with Crippen molar-refractivity contribution < 1.29 is 8.78 Å². The third-order valence-corrected chi connectivity index (χ3v) is 3.57. The molecule has 0 amide bonds. The third-order valence-electron chi connectivity index (χ3n) is 2.92. The minimum atomic E-state index is -2.60. The summed E-state index contributed by atoms with van der Waals surface area (Å²) in [6.45, 7) is 1.94. The summed E-state index contributed by atoms with van der Waals surface area (Å²) in [5.41, 5.74) is 2.15. The highest BCUT2D eigenvalue weighted by atomic mass is 79.9. The van der Waals surface area contributed by atoms with Gasteiger partial charge in [-0.25, -0.2) is 8.78 Å². The van der Waals surface area contributed by atoms with Crippen LogP contribution in [0.5, 0.6) is 0 Å². The molecule has 0 bridgehead atoms. The normalized spacial score (nSPS) is 18.2. The van der Waals surface area contributed by atoms with Gasteiger partial charge in [0.1, 0.15) is 6.07 Å². The lowest BCUT2D eigenvalue weighted by molar-refractivity contribution is 0.0257. The lowest BCUT2D eigenvalue weighted by Crippen LogP contribution is -2.25. The van der Waals surface area contributed by atoms with Crippen molar-refractivity contribution in [1.29, 1.82) is 5.26 Å². The van der Waals surface area contributed by atoms with Crippen molar-refractivity contribution in [2.45, 2.75) is 19.3 Å². The van der Waals surface area contributed by atoms with Crippen LogP contribution in [0, 0.1) is 18.3 Å². The Morgan fingerprint density at radius 2 is 2.18 bits per heavy atom. The minimum absolute atomic E-state index is 0.107. The number of alkyl halides is 2. The predicted octanol–water partition coefficient (Wildman–Crippen LogP) is 3.47. The molecule has 2 rings (SSSR count). The van der Waals surface area contributed by atoms with Gasteiger partial charge in [-0.05, 0) is 40.5 Å². The molecule has 1 aromatic carbocycles. The van der Waals surface area contributed by atoms with Crippen LogP contribution in [-0.2, 0) is 0 Å². The monoisotopic (exact) mass is 300 g/mol. The molecule has 1 aromatic rings. The molecule has 90 valence electrons. The van der Waals surface area contributed by atoms with Gasteiger partial charge in [-0.2, -0.15) is 5.26 Å². The molecule has 1 saturated heterocycles. The lowest BCUT2D eigenvalue weighted by atomic mass is 10.1. The van der Waals surface area contributed by atoms with Crippen LogP contribution in [0.4, 0.5) is 14.5 Å². The quantitative estimate of drug-likeness (QED) is 0.794. The van der Waals surface area contributed by atoms with Crippen LogP contribution in [0.3, 0.4) is 0 Å². The maximum Gasteiger partial charge on any atom is 0.266 e. The number of hydrogen-bond acceptors (Lipinski definition) is 2. The Bertz CT molecular complexity index is 494. The van der Waals surface area contributed by atoms with Crippen molar-refractivity contribution in [2.24, 2.45) is 0 Å². The number of nitrogens with zero attached hydrogens (tertiary/aromatic N) is 2. The largest absolute Gasteiger partial charge is 0.365 e. The Morgan fingerprint density at radius 3 is 2.71 bits per heavy atom. The molecule has 0 aromatic heterocycles. The first kappa shape index (κ1) is 12.3. The molecule has 2 nitrogen and oxygen atoms in total. The summed E-state index contributed by atoms with van der Waals surface area (Å²) in [6.07, 6.45) is -0.107. The smallest absolute Gasteiger partial charge is 0.266 e. The SMILES string of the molecule is Cc1cc(C#N)c(Br)cc1N1CCC(F)(F)C1. The van der Waals surface area contributed by atoms with E-state index in [9.17, 15) is 8.78 Å². The highest BCUT2D eigenvalue weighted by Crippen LogP contribution is 2.34. The van der Waals surface area contributed by atoms with Crippen LogP contribution >= 0.6 is 15.9 Å². The zero-order chi connectivity index (χ0) is 12.6. The molecular formula is C12H11BrF2N2. The van der Waals surface area contributed by atoms with Crippen molar-refractivity contribution >= 4 is 21.6 Å². The summed E-state index contributed by atoms with van der Waals surface area (Å²) >= 11 is 3.28. The molecular weight excluding hydrogens is 290 g/mol. The Balaban J connectivity index is 2.35. The van der Waals surface area contributed by atoms with E-state index in [0.29, 0.717) is 16.6 Å². The maximum atomic E-state index is 13.2. The number of rotatable bonds is 1. The van der Waals surface area contributed by atoms with Crippen LogP contribution in [0.2, 0.25) is 0 Å². The van der Waals surface area contributed by atoms with E-state index >= 15 is 0 Å². The maximum absolute atomic E-state index is 13.2. The van der Waals surface area contributed by atoms with Crippen molar-refractivity contribution in [3.05, 3.63) is 27.7 Å². The number of hydrogen-bond donors (Lipinski definition) is 0. The van der Waals surface area contributed by atoms with E-state index in [1.165, 1.54) is 0 Å². The molecule has 0 radical (unpaired) electrons. The zero-order valence-electron chi connectivity index (χ0n) is 9.30. The summed E-state index contributed by atoms with van der Waals surface area (Å²) in [7, 11) is 0. The molecule has 0 aliphatic carbocycles. The first-order valence-corrected chi connectivity index (χ1v) is 6.05. The van der Waals surface area contributed by atoms with Gasteiger partial charge < -0.3 is 4.90 Å². The van der Waals surface area contributed by atoms with E-state index in [2.05, 4.69) is 22.0 Å². The van der Waals surface area contributed by atoms with Crippen molar-refractivity contribution in [1.82, 2.24) is 0 Å². The Labute approximate surface area is 107 Å². The van der Waals surface area contributed by atoms with E-state index in [0.717, 1.165) is 11.3 Å². The second-order valence-corrected chi connectivity index (χ2v) is 5.11. The summed E-state index contributed by atoms with van der Waals surface area (Å²) in [5.74, 6) is -2.60. The molecule has 1 heterocycles. The molecule has 0 atom stereocenters. The number of aryl methyl sites for hydroxylation is 1. The van der Waals surface area contributed by atoms with Gasteiger partial charge >= 0.3 is 0 Å². The van der Waals surface area contributed by atoms with Crippen LogP contribution in [-0.4, -0.2) is 19.0 Å². The Morgan fingerprint density at radius 1 is 1.47 bits per heavy atom. The van der Waals surface area contributed by atoms with Gasteiger partial charge in [0, 0.05) is 23.1 Å². The van der Waals surface area contributed by atoms with E-state index in [-0.39, 0.29) is 13.0 Å². The number of halogens is 3. The molecule has 1 fully saturated rings. The lowest BCUT2D eigenvalue weighted by Gasteiger charge is -2.21. The van der Waals surface area contributed by atoms with E-state index in [1.807, 2.05) is 6.92 Å². The number of nitriles is 1. The summed E-state index contributed by atoms with van der Waals surface area (Å²) in [4.78, 5) is 1.67. The third kappa shape index (κ3) is 2.42. The van der Waals surface area contributed by atoms with Gasteiger partial charge in [0.05, 0.1) is 12.1 Å². The fraction of sp³-hybridized carbons (Fsp3) is 0.417. The summed E-state index contributed by atoms with van der Waals surface area (Å²) < 4.78 is 27.0. The Hall–Kier alpha value is -1.15. The van der Waals surface area contributed by atoms with Gasteiger partial charge in [-0.3, -0.25) is 0 Å². The van der Waals surface area contributed by atoms with E-state index in [1.54, 1.807) is 17.0 Å². The molecule has 0 saturated carbocycles. The second kappa shape index (κ2) is 4.26. The van der Waals surface area contributed by atoms with Gasteiger partial charge in [0.2, 0.25) is 0 Å². The molecule has 0 N–H and O–H groups in total. The van der Waals surface area contributed by atoms with E-state index in [4.69, 9.17) is 5.26 Å². The average Bonchev–Trinajstić information content (AvgIpc) is 2.61. The van der Waals surface area contributed by atoms with Gasteiger partial charge in [-0.1, -0.05) is 0 Å². The average molecular weight is 301 g/mol. The first-order valence-electron chi connectivity index (χ1n) is 5.26. The molecule has 1 aliphatic heterocycles. The fourth-order valence-electron chi connectivity index (χ4n) is 2.04. The minimum Gasteiger partial charge on any atom is -0.365 e. The second-order valence-electron chi connectivity index (χ2n) is 4.26. The first-order chi connectivity index (χ1) is 7.93. The van der Waals surface area contributed by atoms with Crippen LogP contribution < -0.4 is 4.90 Å². The standard InChI is InChI=1S/C12H11BrF2N2/c1-8-4-9(6-16)10(13)5-11(8)17-3-2-12(14,15)7-17/h4-5H,2-3,7H2,1H3. The highest BCUT2D eigenvalue weighted by molar-refractivity contribution is 9.10. The van der Waals surface area contributed by atoms with Crippen LogP contribution in [0.25, 0.3) is 0 Å². The summed E-state index contributed by atoms with van der Waals surface area (Å²) in [6, 6.07) is 5.52. The fourth-order valence-corrected chi connectivity index (χ4v) is 2.46. The molecule has 1 aliphatic rings. The van der Waals surface area contributed by atoms with Gasteiger partial charge in [0.15, 0.2) is 0 Å². The number of anilines is 1. The van der Waals surface area contributed by atoms with Crippen molar-refractivity contribution in [3.8, 4) is 6.07 Å². The molecule has 17 heavy (non-hydrogen) atoms. The topological polar surface area (TPSA) is 27.0 Å². The highest BCUT2D eigenvalue weighted by Gasteiger charge is 2.38. The molecule has 0 spiro atoms. The summed E-state index contributed by atoms with van der Waals surface area (Å²) in [5, 5.41) is 8.87. The molecule has 0 unspecified atom stereocenters. The van der Waals surface area contributed by atoms with Gasteiger partial charge in [0.25, 0.3) is 5.92 Å². The number of benzene rings is 1. The van der Waals surface area contributed by atoms with Crippen molar-refractivity contribution in [3.63, 3.8) is 0 Å². The van der Waals surface area contributed by atoms with Gasteiger partial charge in [-0.15, -0.1) is 0 Å².